The molecule has 6 heteroatoms. The Labute approximate surface area is 140 Å². The predicted molar refractivity (Wildman–Crippen MR) is 88.8 cm³/mol. The van der Waals surface area contributed by atoms with Crippen LogP contribution < -0.4 is 5.32 Å². The van der Waals surface area contributed by atoms with Crippen molar-refractivity contribution in [3.05, 3.63) is 71.3 Å². The molecule has 0 radical (unpaired) electrons. The first kappa shape index (κ1) is 19.1. The van der Waals surface area contributed by atoms with Gasteiger partial charge in [0, 0.05) is 18.2 Å². The lowest BCUT2D eigenvalue weighted by molar-refractivity contribution is 0.0941. The number of benzene rings is 2. The Morgan fingerprint density at radius 2 is 1.65 bits per heavy atom. The van der Waals surface area contributed by atoms with Gasteiger partial charge in [0.1, 0.15) is 11.6 Å². The Bertz CT molecular complexity index is 630. The van der Waals surface area contributed by atoms with Gasteiger partial charge in [-0.05, 0) is 31.8 Å². The molecule has 0 saturated heterocycles. The SMILES string of the molecule is CN(C)[C@@H](CNC(=O)c1cc(F)cc(F)c1)c1ccccc1.Cl. The van der Waals surface area contributed by atoms with Crippen molar-refractivity contribution in [2.24, 2.45) is 0 Å². The van der Waals surface area contributed by atoms with Gasteiger partial charge in [-0.15, -0.1) is 12.4 Å². The zero-order chi connectivity index (χ0) is 16.1. The lowest BCUT2D eigenvalue weighted by atomic mass is 10.1. The molecule has 2 rings (SSSR count). The molecule has 0 aliphatic rings. The van der Waals surface area contributed by atoms with E-state index in [0.29, 0.717) is 6.54 Å². The molecule has 0 spiro atoms. The van der Waals surface area contributed by atoms with Gasteiger partial charge in [0.05, 0.1) is 6.04 Å². The second-order valence-corrected chi connectivity index (χ2v) is 5.26. The Morgan fingerprint density at radius 3 is 2.17 bits per heavy atom. The van der Waals surface area contributed by atoms with Crippen LogP contribution in [0.15, 0.2) is 48.5 Å². The molecule has 0 aromatic heterocycles. The second-order valence-electron chi connectivity index (χ2n) is 5.26. The molecule has 1 amide bonds. The fourth-order valence-corrected chi connectivity index (χ4v) is 2.25. The molecule has 0 heterocycles. The van der Waals surface area contributed by atoms with Gasteiger partial charge in [-0.25, -0.2) is 8.78 Å². The molecule has 1 N–H and O–H groups in total. The molecule has 23 heavy (non-hydrogen) atoms. The summed E-state index contributed by atoms with van der Waals surface area (Å²) in [4.78, 5) is 14.0. The van der Waals surface area contributed by atoms with Crippen molar-refractivity contribution in [1.29, 1.82) is 0 Å². The van der Waals surface area contributed by atoms with Crippen LogP contribution in [0, 0.1) is 11.6 Å². The van der Waals surface area contributed by atoms with Crippen LogP contribution in [-0.2, 0) is 0 Å². The highest BCUT2D eigenvalue weighted by molar-refractivity contribution is 5.94. The molecule has 0 fully saturated rings. The van der Waals surface area contributed by atoms with Crippen molar-refractivity contribution in [3.63, 3.8) is 0 Å². The van der Waals surface area contributed by atoms with E-state index in [0.717, 1.165) is 23.8 Å². The van der Waals surface area contributed by atoms with Crippen LogP contribution in [0.2, 0.25) is 0 Å². The van der Waals surface area contributed by atoms with Crippen molar-refractivity contribution >= 4 is 18.3 Å². The first-order chi connectivity index (χ1) is 10.5. The van der Waals surface area contributed by atoms with Crippen molar-refractivity contribution < 1.29 is 13.6 Å². The maximum Gasteiger partial charge on any atom is 0.251 e. The van der Waals surface area contributed by atoms with E-state index in [2.05, 4.69) is 5.32 Å². The standard InChI is InChI=1S/C17H18F2N2O.ClH/c1-21(2)16(12-6-4-3-5-7-12)11-20-17(22)13-8-14(18)10-15(19)9-13;/h3-10,16H,11H2,1-2H3,(H,20,22);1H/t16-;/m0./s1. The summed E-state index contributed by atoms with van der Waals surface area (Å²) < 4.78 is 26.3. The van der Waals surface area contributed by atoms with Gasteiger partial charge < -0.3 is 10.2 Å². The molecular weight excluding hydrogens is 322 g/mol. The quantitative estimate of drug-likeness (QED) is 0.904. The Kier molecular flexibility index (Phi) is 7.13. The van der Waals surface area contributed by atoms with Crippen molar-refractivity contribution in [3.8, 4) is 0 Å². The first-order valence-electron chi connectivity index (χ1n) is 6.93. The maximum atomic E-state index is 13.2. The van der Waals surface area contributed by atoms with Crippen LogP contribution in [-0.4, -0.2) is 31.4 Å². The second kappa shape index (κ2) is 8.60. The van der Waals surface area contributed by atoms with Gasteiger partial charge >= 0.3 is 0 Å². The maximum absolute atomic E-state index is 13.2. The molecule has 1 atom stereocenters. The van der Waals surface area contributed by atoms with E-state index >= 15 is 0 Å². The van der Waals surface area contributed by atoms with Crippen LogP contribution in [0.3, 0.4) is 0 Å². The average molecular weight is 341 g/mol. The minimum absolute atomic E-state index is 0. The molecule has 0 bridgehead atoms. The number of likely N-dealkylation sites (N-methyl/N-ethyl adjacent to an activating group) is 1. The summed E-state index contributed by atoms with van der Waals surface area (Å²) >= 11 is 0. The number of nitrogens with one attached hydrogen (secondary N) is 1. The van der Waals surface area contributed by atoms with Crippen molar-refractivity contribution in [2.75, 3.05) is 20.6 Å². The lowest BCUT2D eigenvalue weighted by Gasteiger charge is -2.25. The number of amides is 1. The number of hydrogen-bond donors (Lipinski definition) is 1. The van der Waals surface area contributed by atoms with Crippen LogP contribution in [0.25, 0.3) is 0 Å². The van der Waals surface area contributed by atoms with E-state index in [1.165, 1.54) is 0 Å². The highest BCUT2D eigenvalue weighted by atomic mass is 35.5. The smallest absolute Gasteiger partial charge is 0.251 e. The van der Waals surface area contributed by atoms with Crippen molar-refractivity contribution in [1.82, 2.24) is 10.2 Å². The molecule has 0 aliphatic carbocycles. The minimum Gasteiger partial charge on any atom is -0.350 e. The minimum atomic E-state index is -0.766. The normalized spacial score (nSPS) is 11.7. The zero-order valence-corrected chi connectivity index (χ0v) is 13.7. The fourth-order valence-electron chi connectivity index (χ4n) is 2.25. The van der Waals surface area contributed by atoms with E-state index in [1.807, 2.05) is 49.3 Å². The van der Waals surface area contributed by atoms with Crippen molar-refractivity contribution in [2.45, 2.75) is 6.04 Å². The molecule has 2 aromatic carbocycles. The number of hydrogen-bond acceptors (Lipinski definition) is 2. The van der Waals surface area contributed by atoms with Gasteiger partial charge in [-0.2, -0.15) is 0 Å². The van der Waals surface area contributed by atoms with Gasteiger partial charge in [0.15, 0.2) is 0 Å². The molecule has 2 aromatic rings. The van der Waals surface area contributed by atoms with E-state index in [1.54, 1.807) is 0 Å². The number of carbonyl (C=O) groups excluding carboxylic acids is 1. The van der Waals surface area contributed by atoms with Gasteiger partial charge in [0.25, 0.3) is 5.91 Å². The zero-order valence-electron chi connectivity index (χ0n) is 12.9. The molecule has 0 aliphatic heterocycles. The van der Waals surface area contributed by atoms with Crippen LogP contribution in [0.5, 0.6) is 0 Å². The van der Waals surface area contributed by atoms with E-state index < -0.39 is 17.5 Å². The molecule has 0 saturated carbocycles. The molecular formula is C17H19ClF2N2O. The number of halogens is 3. The van der Waals surface area contributed by atoms with Crippen LogP contribution in [0.1, 0.15) is 22.0 Å². The summed E-state index contributed by atoms with van der Waals surface area (Å²) in [5, 5.41) is 2.72. The van der Waals surface area contributed by atoms with E-state index in [9.17, 15) is 13.6 Å². The molecule has 124 valence electrons. The Balaban J connectivity index is 0.00000264. The predicted octanol–water partition coefficient (Wildman–Crippen LogP) is 3.42. The summed E-state index contributed by atoms with van der Waals surface area (Å²) in [6, 6.07) is 12.5. The Hall–Kier alpha value is -1.98. The third-order valence-corrected chi connectivity index (χ3v) is 3.39. The van der Waals surface area contributed by atoms with E-state index in [-0.39, 0.29) is 24.0 Å². The summed E-state index contributed by atoms with van der Waals surface area (Å²) in [6.45, 7) is 0.341. The summed E-state index contributed by atoms with van der Waals surface area (Å²) in [7, 11) is 3.82. The van der Waals surface area contributed by atoms with Gasteiger partial charge in [-0.3, -0.25) is 4.79 Å². The van der Waals surface area contributed by atoms with Crippen LogP contribution >= 0.6 is 12.4 Å². The summed E-state index contributed by atoms with van der Waals surface area (Å²) in [5.74, 6) is -2.03. The lowest BCUT2D eigenvalue weighted by Crippen LogP contribution is -2.34. The molecule has 3 nitrogen and oxygen atoms in total. The number of carbonyl (C=O) groups is 1. The highest BCUT2D eigenvalue weighted by Gasteiger charge is 2.16. The summed E-state index contributed by atoms with van der Waals surface area (Å²) in [6.07, 6.45) is 0. The fraction of sp³-hybridized carbons (Fsp3) is 0.235. The van der Waals surface area contributed by atoms with E-state index in [4.69, 9.17) is 0 Å². The monoisotopic (exact) mass is 340 g/mol. The summed E-state index contributed by atoms with van der Waals surface area (Å²) in [5.41, 5.74) is 1.03. The van der Waals surface area contributed by atoms with Crippen LogP contribution in [0.4, 0.5) is 8.78 Å². The van der Waals surface area contributed by atoms with Gasteiger partial charge in [-0.1, -0.05) is 30.3 Å². The third kappa shape index (κ3) is 5.30. The molecule has 0 unspecified atom stereocenters. The number of nitrogens with zero attached hydrogens (tertiary/aromatic N) is 1. The Morgan fingerprint density at radius 1 is 1.09 bits per heavy atom. The average Bonchev–Trinajstić information content (AvgIpc) is 2.47. The largest absolute Gasteiger partial charge is 0.350 e. The highest BCUT2D eigenvalue weighted by Crippen LogP contribution is 2.17. The topological polar surface area (TPSA) is 32.3 Å². The number of rotatable bonds is 5. The first-order valence-corrected chi connectivity index (χ1v) is 6.93. The van der Waals surface area contributed by atoms with Gasteiger partial charge in [0.2, 0.25) is 0 Å². The third-order valence-electron chi connectivity index (χ3n) is 3.39.